The fourth-order valence-corrected chi connectivity index (χ4v) is 4.21. The third-order valence-corrected chi connectivity index (χ3v) is 5.45. The lowest BCUT2D eigenvalue weighted by Gasteiger charge is -2.33. The number of para-hydroxylation sites is 1. The van der Waals surface area contributed by atoms with Crippen molar-refractivity contribution >= 4 is 11.5 Å². The van der Waals surface area contributed by atoms with Crippen molar-refractivity contribution < 1.29 is 9.36 Å². The van der Waals surface area contributed by atoms with Crippen LogP contribution < -0.4 is 9.47 Å². The predicted molar refractivity (Wildman–Crippen MR) is 84.8 cm³/mol. The molecule has 114 valence electrons. The Morgan fingerprint density at radius 2 is 2.14 bits per heavy atom. The highest BCUT2D eigenvalue weighted by atomic mass is 16.1. The third kappa shape index (κ3) is 1.90. The number of carbonyl (C=O) groups excluding carboxylic acids is 1. The summed E-state index contributed by atoms with van der Waals surface area (Å²) in [5, 5.41) is 0. The SMILES string of the molecule is Cc1[nH]cc[n+]1CC1CCC2C(C1=O)c1ccccc1N2C. The molecule has 4 rings (SSSR count). The van der Waals surface area contributed by atoms with Gasteiger partial charge in [-0.2, -0.15) is 0 Å². The van der Waals surface area contributed by atoms with Gasteiger partial charge in [0.05, 0.1) is 18.4 Å². The summed E-state index contributed by atoms with van der Waals surface area (Å²) >= 11 is 0. The maximum absolute atomic E-state index is 13.1. The number of aryl methyl sites for hydroxylation is 1. The van der Waals surface area contributed by atoms with E-state index in [4.69, 9.17) is 0 Å². The van der Waals surface area contributed by atoms with Crippen molar-refractivity contribution in [1.82, 2.24) is 4.98 Å². The van der Waals surface area contributed by atoms with Gasteiger partial charge in [0, 0.05) is 25.7 Å². The number of likely N-dealkylation sites (N-methyl/N-ethyl adjacent to an activating group) is 1. The van der Waals surface area contributed by atoms with Gasteiger partial charge in [-0.1, -0.05) is 18.2 Å². The first-order valence-corrected chi connectivity index (χ1v) is 8.05. The number of H-pyrrole nitrogens is 1. The molecule has 0 radical (unpaired) electrons. The fraction of sp³-hybridized carbons (Fsp3) is 0.444. The Morgan fingerprint density at radius 1 is 1.32 bits per heavy atom. The molecule has 1 N–H and O–H groups in total. The maximum atomic E-state index is 13.1. The normalized spacial score (nSPS) is 26.9. The van der Waals surface area contributed by atoms with E-state index in [-0.39, 0.29) is 11.8 Å². The van der Waals surface area contributed by atoms with Crippen LogP contribution in [0.15, 0.2) is 36.7 Å². The van der Waals surface area contributed by atoms with Gasteiger partial charge in [0.15, 0.2) is 0 Å². The van der Waals surface area contributed by atoms with Crippen LogP contribution in [0.2, 0.25) is 0 Å². The van der Waals surface area contributed by atoms with Crippen LogP contribution in [0.5, 0.6) is 0 Å². The summed E-state index contributed by atoms with van der Waals surface area (Å²) in [6, 6.07) is 8.73. The van der Waals surface area contributed by atoms with E-state index in [1.54, 1.807) is 0 Å². The second-order valence-electron chi connectivity index (χ2n) is 6.59. The Morgan fingerprint density at radius 3 is 2.91 bits per heavy atom. The minimum atomic E-state index is 0.0554. The zero-order valence-electron chi connectivity index (χ0n) is 13.1. The van der Waals surface area contributed by atoms with E-state index in [1.807, 2.05) is 12.4 Å². The molecule has 2 aliphatic rings. The van der Waals surface area contributed by atoms with Crippen LogP contribution in [0.4, 0.5) is 5.69 Å². The molecule has 0 saturated heterocycles. The number of aromatic amines is 1. The van der Waals surface area contributed by atoms with E-state index >= 15 is 0 Å². The maximum Gasteiger partial charge on any atom is 0.251 e. The first-order chi connectivity index (χ1) is 10.7. The molecule has 4 nitrogen and oxygen atoms in total. The van der Waals surface area contributed by atoms with Gasteiger partial charge in [-0.05, 0) is 24.5 Å². The zero-order valence-corrected chi connectivity index (χ0v) is 13.1. The van der Waals surface area contributed by atoms with Gasteiger partial charge in [-0.25, -0.2) is 9.55 Å². The summed E-state index contributed by atoms with van der Waals surface area (Å²) in [5.74, 6) is 1.71. The highest BCUT2D eigenvalue weighted by molar-refractivity contribution is 5.93. The molecule has 0 spiro atoms. The largest absolute Gasteiger partial charge is 0.370 e. The number of Topliss-reactive ketones (excluding diaryl/α,β-unsaturated/α-hetero) is 1. The Kier molecular flexibility index (Phi) is 3.06. The molecule has 4 heteroatoms. The summed E-state index contributed by atoms with van der Waals surface area (Å²) in [6.07, 6.45) is 6.04. The predicted octanol–water partition coefficient (Wildman–Crippen LogP) is 2.19. The number of aromatic nitrogens is 2. The van der Waals surface area contributed by atoms with Crippen LogP contribution in [-0.2, 0) is 11.3 Å². The summed E-state index contributed by atoms with van der Waals surface area (Å²) in [5.41, 5.74) is 2.46. The van der Waals surface area contributed by atoms with Crippen molar-refractivity contribution in [3.05, 3.63) is 48.0 Å². The van der Waals surface area contributed by atoms with Crippen LogP contribution in [0.1, 0.15) is 30.1 Å². The lowest BCUT2D eigenvalue weighted by Crippen LogP contribution is -2.47. The smallest absolute Gasteiger partial charge is 0.251 e. The van der Waals surface area contributed by atoms with Crippen molar-refractivity contribution in [2.45, 2.75) is 38.3 Å². The van der Waals surface area contributed by atoms with Gasteiger partial charge in [0.2, 0.25) is 0 Å². The monoisotopic (exact) mass is 296 g/mol. The second-order valence-corrected chi connectivity index (χ2v) is 6.59. The van der Waals surface area contributed by atoms with Gasteiger partial charge < -0.3 is 4.90 Å². The molecule has 2 aromatic rings. The summed E-state index contributed by atoms with van der Waals surface area (Å²) in [4.78, 5) is 18.6. The molecular formula is C18H22N3O+. The molecule has 1 saturated carbocycles. The summed E-state index contributed by atoms with van der Waals surface area (Å²) in [6.45, 7) is 2.85. The van der Waals surface area contributed by atoms with E-state index in [1.165, 1.54) is 11.3 Å². The highest BCUT2D eigenvalue weighted by Gasteiger charge is 2.46. The number of imidazole rings is 1. The third-order valence-electron chi connectivity index (χ3n) is 5.45. The number of nitrogens with one attached hydrogen (secondary N) is 1. The minimum absolute atomic E-state index is 0.0554. The molecule has 2 heterocycles. The van der Waals surface area contributed by atoms with Crippen molar-refractivity contribution in [2.24, 2.45) is 5.92 Å². The standard InChI is InChI=1S/C18H21N3O/c1-12-19-9-10-21(12)11-13-7-8-16-17(18(13)22)14-5-3-4-6-15(14)20(16)2/h3-6,9-10,13,16-17H,7-8,11H2,1-2H3/p+1. The second kappa shape index (κ2) is 4.97. The Bertz CT molecular complexity index is 721. The topological polar surface area (TPSA) is 40.0 Å². The molecule has 0 amide bonds. The van der Waals surface area contributed by atoms with Gasteiger partial charge >= 0.3 is 0 Å². The molecule has 1 aromatic heterocycles. The molecular weight excluding hydrogens is 274 g/mol. The van der Waals surface area contributed by atoms with Gasteiger partial charge in [0.1, 0.15) is 18.2 Å². The van der Waals surface area contributed by atoms with Crippen molar-refractivity contribution in [2.75, 3.05) is 11.9 Å². The number of benzene rings is 1. The van der Waals surface area contributed by atoms with E-state index in [9.17, 15) is 4.79 Å². The van der Waals surface area contributed by atoms with E-state index in [2.05, 4.69) is 52.7 Å². The Balaban J connectivity index is 1.64. The van der Waals surface area contributed by atoms with Crippen LogP contribution in [-0.4, -0.2) is 23.9 Å². The number of fused-ring (bicyclic) bond motifs is 3. The van der Waals surface area contributed by atoms with E-state index < -0.39 is 0 Å². The van der Waals surface area contributed by atoms with Crippen LogP contribution >= 0.6 is 0 Å². The van der Waals surface area contributed by atoms with Crippen LogP contribution in [0, 0.1) is 12.8 Å². The number of ketones is 1. The van der Waals surface area contributed by atoms with Crippen LogP contribution in [0.25, 0.3) is 0 Å². The van der Waals surface area contributed by atoms with Crippen molar-refractivity contribution in [3.8, 4) is 0 Å². The number of nitrogens with zero attached hydrogens (tertiary/aromatic N) is 2. The molecule has 22 heavy (non-hydrogen) atoms. The van der Waals surface area contributed by atoms with Gasteiger partial charge in [0.25, 0.3) is 5.82 Å². The highest BCUT2D eigenvalue weighted by Crippen LogP contribution is 2.46. The van der Waals surface area contributed by atoms with Crippen LogP contribution in [0.3, 0.4) is 0 Å². The molecule has 1 aliphatic heterocycles. The minimum Gasteiger partial charge on any atom is -0.370 e. The Labute approximate surface area is 130 Å². The van der Waals surface area contributed by atoms with E-state index in [0.717, 1.165) is 25.2 Å². The summed E-state index contributed by atoms with van der Waals surface area (Å²) in [7, 11) is 2.13. The number of hydrogen-bond acceptors (Lipinski definition) is 2. The fourth-order valence-electron chi connectivity index (χ4n) is 4.21. The molecule has 1 aromatic carbocycles. The first kappa shape index (κ1) is 13.6. The zero-order chi connectivity index (χ0) is 15.3. The number of carbonyl (C=O) groups is 1. The molecule has 1 fully saturated rings. The average molecular weight is 296 g/mol. The number of hydrogen-bond donors (Lipinski definition) is 1. The number of rotatable bonds is 2. The summed E-state index contributed by atoms with van der Waals surface area (Å²) < 4.78 is 2.16. The average Bonchev–Trinajstić information content (AvgIpc) is 3.05. The van der Waals surface area contributed by atoms with Crippen molar-refractivity contribution in [1.29, 1.82) is 0 Å². The lowest BCUT2D eigenvalue weighted by atomic mass is 9.75. The first-order valence-electron chi connectivity index (χ1n) is 8.05. The molecule has 3 atom stereocenters. The van der Waals surface area contributed by atoms with E-state index in [0.29, 0.717) is 11.8 Å². The lowest BCUT2D eigenvalue weighted by molar-refractivity contribution is -0.705. The molecule has 0 bridgehead atoms. The quantitative estimate of drug-likeness (QED) is 0.863. The Hall–Kier alpha value is -2.10. The van der Waals surface area contributed by atoms with Gasteiger partial charge in [-0.3, -0.25) is 4.79 Å². The van der Waals surface area contributed by atoms with Gasteiger partial charge in [-0.15, -0.1) is 0 Å². The number of anilines is 1. The molecule has 1 aliphatic carbocycles. The molecule has 3 unspecified atom stereocenters. The van der Waals surface area contributed by atoms with Crippen molar-refractivity contribution in [3.63, 3.8) is 0 Å².